The number of aliphatic hydroxyl groups excluding tert-OH is 1. The molecule has 0 spiro atoms. The van der Waals surface area contributed by atoms with Gasteiger partial charge in [0.15, 0.2) is 5.44 Å². The monoisotopic (exact) mass is 332 g/mol. The molecule has 6 heteroatoms. The van der Waals surface area contributed by atoms with Crippen LogP contribution in [0.5, 0.6) is 0 Å². The van der Waals surface area contributed by atoms with E-state index in [0.717, 1.165) is 19.3 Å². The van der Waals surface area contributed by atoms with Crippen LogP contribution in [0, 0.1) is 0 Å². The molecular formula is C15H33NaO4S. The van der Waals surface area contributed by atoms with Gasteiger partial charge in [-0.2, -0.15) is 8.42 Å². The van der Waals surface area contributed by atoms with E-state index in [1.54, 1.807) is 6.92 Å². The maximum atomic E-state index is 11.3. The quantitative estimate of drug-likeness (QED) is 0.301. The second-order valence-electron chi connectivity index (χ2n) is 5.36. The van der Waals surface area contributed by atoms with Crippen molar-refractivity contribution in [3.05, 3.63) is 0 Å². The Morgan fingerprint density at radius 1 is 0.857 bits per heavy atom. The Kier molecular flexibility index (Phi) is 18.1. The predicted octanol–water partition coefficient (Wildman–Crippen LogP) is 3.33. The van der Waals surface area contributed by atoms with Crippen LogP contribution in [0.3, 0.4) is 0 Å². The molecule has 0 saturated heterocycles. The van der Waals surface area contributed by atoms with E-state index in [9.17, 15) is 13.5 Å². The first-order valence-corrected chi connectivity index (χ1v) is 9.58. The van der Waals surface area contributed by atoms with Crippen LogP contribution in [0.25, 0.3) is 0 Å². The van der Waals surface area contributed by atoms with Gasteiger partial charge in [-0.3, -0.25) is 4.18 Å². The fourth-order valence-electron chi connectivity index (χ4n) is 2.05. The normalized spacial score (nSPS) is 12.9. The summed E-state index contributed by atoms with van der Waals surface area (Å²) in [5.74, 6) is 0. The minimum atomic E-state index is -3.77. The molecule has 1 atom stereocenters. The number of rotatable bonds is 14. The van der Waals surface area contributed by atoms with Crippen LogP contribution >= 0.6 is 0 Å². The van der Waals surface area contributed by atoms with E-state index in [1.807, 2.05) is 0 Å². The van der Waals surface area contributed by atoms with Crippen LogP contribution < -0.4 is 0 Å². The first-order chi connectivity index (χ1) is 9.54. The first-order valence-electron chi connectivity index (χ1n) is 8.11. The van der Waals surface area contributed by atoms with Crippen molar-refractivity contribution in [1.29, 1.82) is 0 Å². The van der Waals surface area contributed by atoms with Gasteiger partial charge in [0.25, 0.3) is 10.1 Å². The third kappa shape index (κ3) is 14.2. The van der Waals surface area contributed by atoms with Crippen LogP contribution in [-0.4, -0.2) is 55.1 Å². The summed E-state index contributed by atoms with van der Waals surface area (Å²) in [5.41, 5.74) is -1.38. The number of aliphatic hydroxyl groups is 1. The molecule has 4 nitrogen and oxygen atoms in total. The molecule has 0 aliphatic carbocycles. The zero-order valence-electron chi connectivity index (χ0n) is 13.1. The molecule has 1 N–H and O–H groups in total. The van der Waals surface area contributed by atoms with Crippen molar-refractivity contribution >= 4 is 39.7 Å². The summed E-state index contributed by atoms with van der Waals surface area (Å²) in [4.78, 5) is 0. The molecule has 0 aromatic heterocycles. The van der Waals surface area contributed by atoms with E-state index in [0.29, 0.717) is 0 Å². The van der Waals surface area contributed by atoms with Crippen molar-refractivity contribution in [3.8, 4) is 0 Å². The molecule has 21 heavy (non-hydrogen) atoms. The molecule has 0 aliphatic rings. The van der Waals surface area contributed by atoms with Crippen LogP contribution in [0.1, 0.15) is 84.5 Å². The zero-order valence-corrected chi connectivity index (χ0v) is 14.0. The fraction of sp³-hybridized carbons (Fsp3) is 1.00. The van der Waals surface area contributed by atoms with Gasteiger partial charge in [0.1, 0.15) is 0 Å². The van der Waals surface area contributed by atoms with Gasteiger partial charge in [0.2, 0.25) is 0 Å². The Bertz CT molecular complexity index is 307. The van der Waals surface area contributed by atoms with E-state index in [2.05, 4.69) is 6.92 Å². The van der Waals surface area contributed by atoms with E-state index < -0.39 is 15.6 Å². The zero-order chi connectivity index (χ0) is 15.3. The molecule has 0 heterocycles. The maximum absolute atomic E-state index is 11.3. The van der Waals surface area contributed by atoms with Crippen molar-refractivity contribution in [2.45, 2.75) is 89.9 Å². The van der Waals surface area contributed by atoms with Crippen molar-refractivity contribution in [1.82, 2.24) is 0 Å². The molecule has 0 aromatic carbocycles. The standard InChI is InChI=1S/C15H32O4S.Na.H/c1-3-5-6-7-8-9-10-11-12-13-14-19-20(17,18)15(16)4-2;;/h15-16H,3-14H2,1-2H3;;. The van der Waals surface area contributed by atoms with E-state index in [4.69, 9.17) is 4.18 Å². The summed E-state index contributed by atoms with van der Waals surface area (Å²) in [6.07, 6.45) is 12.2. The summed E-state index contributed by atoms with van der Waals surface area (Å²) in [7, 11) is -3.77. The molecule has 0 radical (unpaired) electrons. The van der Waals surface area contributed by atoms with Crippen LogP contribution in [0.15, 0.2) is 0 Å². The van der Waals surface area contributed by atoms with Crippen molar-refractivity contribution in [2.24, 2.45) is 0 Å². The van der Waals surface area contributed by atoms with Gasteiger partial charge in [-0.1, -0.05) is 71.6 Å². The van der Waals surface area contributed by atoms with Gasteiger partial charge in [-0.25, -0.2) is 0 Å². The average Bonchev–Trinajstić information content (AvgIpc) is 2.43. The summed E-state index contributed by atoms with van der Waals surface area (Å²) in [6.45, 7) is 4.03. The summed E-state index contributed by atoms with van der Waals surface area (Å²) in [6, 6.07) is 0. The molecule has 0 saturated carbocycles. The van der Waals surface area contributed by atoms with Crippen molar-refractivity contribution in [3.63, 3.8) is 0 Å². The molecule has 1 unspecified atom stereocenters. The van der Waals surface area contributed by atoms with Gasteiger partial charge < -0.3 is 5.11 Å². The molecule has 124 valence electrons. The summed E-state index contributed by atoms with van der Waals surface area (Å²) >= 11 is 0. The van der Waals surface area contributed by atoms with Crippen LogP contribution in [0.2, 0.25) is 0 Å². The Balaban J connectivity index is 0. The SMILES string of the molecule is CCCCCCCCCCCCOS(=O)(=O)C(O)CC.[NaH]. The van der Waals surface area contributed by atoms with Gasteiger partial charge in [-0.05, 0) is 12.8 Å². The Labute approximate surface area is 153 Å². The fourth-order valence-corrected chi connectivity index (χ4v) is 2.96. The minimum absolute atomic E-state index is 0. The second kappa shape index (κ2) is 15.8. The summed E-state index contributed by atoms with van der Waals surface area (Å²) in [5, 5.41) is 9.23. The number of hydrogen-bond acceptors (Lipinski definition) is 4. The number of unbranched alkanes of at least 4 members (excludes halogenated alkanes) is 9. The van der Waals surface area contributed by atoms with Gasteiger partial charge in [-0.15, -0.1) is 0 Å². The van der Waals surface area contributed by atoms with E-state index >= 15 is 0 Å². The Morgan fingerprint density at radius 2 is 1.29 bits per heavy atom. The molecule has 0 fully saturated rings. The third-order valence-corrected chi connectivity index (χ3v) is 4.92. The first kappa shape index (κ1) is 24.1. The molecular weight excluding hydrogens is 299 g/mol. The van der Waals surface area contributed by atoms with Gasteiger partial charge in [0, 0.05) is 0 Å². The molecule has 0 bridgehead atoms. The topological polar surface area (TPSA) is 63.6 Å². The van der Waals surface area contributed by atoms with E-state index in [-0.39, 0.29) is 42.6 Å². The molecule has 0 rings (SSSR count). The van der Waals surface area contributed by atoms with Crippen molar-refractivity contribution in [2.75, 3.05) is 6.61 Å². The van der Waals surface area contributed by atoms with Crippen molar-refractivity contribution < 1.29 is 17.7 Å². The van der Waals surface area contributed by atoms with Gasteiger partial charge >= 0.3 is 29.6 Å². The van der Waals surface area contributed by atoms with Crippen LogP contribution in [0.4, 0.5) is 0 Å². The van der Waals surface area contributed by atoms with Gasteiger partial charge in [0.05, 0.1) is 6.61 Å². The van der Waals surface area contributed by atoms with Crippen LogP contribution in [-0.2, 0) is 14.3 Å². The number of hydrogen-bond donors (Lipinski definition) is 1. The Hall–Kier alpha value is 0.870. The molecule has 0 aromatic rings. The predicted molar refractivity (Wildman–Crippen MR) is 90.2 cm³/mol. The average molecular weight is 332 g/mol. The molecule has 0 amide bonds. The molecule has 0 aliphatic heterocycles. The Morgan fingerprint density at radius 3 is 1.71 bits per heavy atom. The third-order valence-electron chi connectivity index (χ3n) is 3.43. The summed E-state index contributed by atoms with van der Waals surface area (Å²) < 4.78 is 27.5. The van der Waals surface area contributed by atoms with E-state index in [1.165, 1.54) is 44.9 Å². The second-order valence-corrected chi connectivity index (χ2v) is 7.13.